The van der Waals surface area contributed by atoms with Gasteiger partial charge in [-0.3, -0.25) is 19.2 Å². The van der Waals surface area contributed by atoms with Crippen molar-refractivity contribution in [3.8, 4) is 11.6 Å². The Labute approximate surface area is 287 Å². The van der Waals surface area contributed by atoms with Gasteiger partial charge in [-0.25, -0.2) is 14.3 Å². The average molecular weight is 703 g/mol. The number of carbonyl (C=O) groups excluding carboxylic acids is 5. The summed E-state index contributed by atoms with van der Waals surface area (Å²) >= 11 is 0. The molecule has 2 aromatic rings. The highest BCUT2D eigenvalue weighted by Gasteiger charge is 2.46. The van der Waals surface area contributed by atoms with Gasteiger partial charge in [0.25, 0.3) is 11.8 Å². The summed E-state index contributed by atoms with van der Waals surface area (Å²) in [4.78, 5) is 84.0. The van der Waals surface area contributed by atoms with E-state index in [1.807, 2.05) is 0 Å². The number of nitrogens with zero attached hydrogens (tertiary/aromatic N) is 5. The minimum absolute atomic E-state index is 0.000415. The molecule has 3 amide bonds. The highest BCUT2D eigenvalue weighted by molar-refractivity contribution is 5.96. The lowest BCUT2D eigenvalue weighted by molar-refractivity contribution is -0.157. The topological polar surface area (TPSA) is 219 Å². The molecule has 2 aliphatic rings. The summed E-state index contributed by atoms with van der Waals surface area (Å²) in [6.07, 6.45) is -2.44. The first-order valence-electron chi connectivity index (χ1n) is 16.1. The molecule has 2 aliphatic heterocycles. The Balaban J connectivity index is 1.55. The van der Waals surface area contributed by atoms with Gasteiger partial charge in [0.2, 0.25) is 11.8 Å². The maximum absolute atomic E-state index is 13.7. The number of aromatic nitrogens is 2. The van der Waals surface area contributed by atoms with E-state index >= 15 is 0 Å². The van der Waals surface area contributed by atoms with E-state index in [0.29, 0.717) is 5.69 Å². The number of nitrogens with one attached hydrogen (secondary N) is 1. The lowest BCUT2D eigenvalue weighted by Crippen LogP contribution is -2.55. The number of para-hydroxylation sites is 1. The number of amides is 3. The maximum Gasteiger partial charge on any atom is 0.527 e. The number of carboxylic acid groups (broad SMARTS) is 1. The lowest BCUT2D eigenvalue weighted by atomic mass is 10.1. The fourth-order valence-corrected chi connectivity index (χ4v) is 5.58. The number of esters is 1. The molecule has 272 valence electrons. The van der Waals surface area contributed by atoms with Crippen LogP contribution in [0.3, 0.4) is 0 Å². The van der Waals surface area contributed by atoms with Crippen LogP contribution in [0.1, 0.15) is 50.5 Å². The largest absolute Gasteiger partial charge is 0.527 e. The van der Waals surface area contributed by atoms with Crippen molar-refractivity contribution in [2.24, 2.45) is 0 Å². The molecular formula is C32H42N6O12. The second-order valence-electron chi connectivity index (χ2n) is 12.1. The molecular weight excluding hydrogens is 660 g/mol. The second kappa shape index (κ2) is 16.4. The maximum atomic E-state index is 13.7. The molecule has 0 bridgehead atoms. The zero-order valence-electron chi connectivity index (χ0n) is 28.3. The van der Waals surface area contributed by atoms with Crippen molar-refractivity contribution in [3.05, 3.63) is 42.1 Å². The van der Waals surface area contributed by atoms with E-state index in [9.17, 15) is 39.0 Å². The SMILES string of the molecule is CCOC(=O)ON1CCN(C(=O)[C@H](CCC(=O)O)NC(=O)c2cc(OC(C)(C)C(=O)N3C[C@H](O)C[C@H]3C(=O)OC)n(-c3ccccc3)n2)CC1. The van der Waals surface area contributed by atoms with Crippen LogP contribution in [-0.4, -0.2) is 141 Å². The molecule has 0 radical (unpaired) electrons. The zero-order chi connectivity index (χ0) is 36.6. The van der Waals surface area contributed by atoms with Gasteiger partial charge in [0.1, 0.15) is 12.1 Å². The summed E-state index contributed by atoms with van der Waals surface area (Å²) in [5, 5.41) is 27.9. The fourth-order valence-electron chi connectivity index (χ4n) is 5.58. The molecule has 0 aliphatic carbocycles. The monoisotopic (exact) mass is 702 g/mol. The van der Waals surface area contributed by atoms with Crippen LogP contribution < -0.4 is 10.1 Å². The predicted octanol–water partition coefficient (Wildman–Crippen LogP) is 0.360. The highest BCUT2D eigenvalue weighted by atomic mass is 16.8. The average Bonchev–Trinajstić information content (AvgIpc) is 3.69. The summed E-state index contributed by atoms with van der Waals surface area (Å²) in [7, 11) is 1.19. The Kier molecular flexibility index (Phi) is 12.4. The van der Waals surface area contributed by atoms with Gasteiger partial charge in [-0.05, 0) is 39.3 Å². The van der Waals surface area contributed by atoms with Gasteiger partial charge in [-0.15, -0.1) is 5.06 Å². The van der Waals surface area contributed by atoms with Crippen molar-refractivity contribution >= 4 is 35.8 Å². The molecule has 4 rings (SSSR count). The highest BCUT2D eigenvalue weighted by Crippen LogP contribution is 2.28. The molecule has 2 saturated heterocycles. The first kappa shape index (κ1) is 37.6. The van der Waals surface area contributed by atoms with Crippen LogP contribution in [0.25, 0.3) is 5.69 Å². The molecule has 18 nitrogen and oxygen atoms in total. The molecule has 0 unspecified atom stereocenters. The number of rotatable bonds is 13. The van der Waals surface area contributed by atoms with Gasteiger partial charge in [-0.1, -0.05) is 18.2 Å². The summed E-state index contributed by atoms with van der Waals surface area (Å²) in [6, 6.07) is 7.61. The molecule has 3 N–H and O–H groups in total. The number of carbonyl (C=O) groups is 6. The third kappa shape index (κ3) is 9.26. The Morgan fingerprint density at radius 3 is 2.36 bits per heavy atom. The summed E-state index contributed by atoms with van der Waals surface area (Å²) in [5.41, 5.74) is -1.36. The van der Waals surface area contributed by atoms with E-state index in [4.69, 9.17) is 19.0 Å². The molecule has 0 saturated carbocycles. The van der Waals surface area contributed by atoms with Crippen LogP contribution >= 0.6 is 0 Å². The van der Waals surface area contributed by atoms with Gasteiger partial charge in [0, 0.05) is 38.5 Å². The number of aliphatic hydroxyl groups is 1. The third-order valence-corrected chi connectivity index (χ3v) is 8.06. The molecule has 3 heterocycles. The number of β-amino-alcohol motifs (C(OH)–C–C–N with tert-alkyl or cyclic N) is 1. The number of benzene rings is 1. The molecule has 50 heavy (non-hydrogen) atoms. The fraction of sp³-hybridized carbons (Fsp3) is 0.531. The molecule has 3 atom stereocenters. The Hall–Kier alpha value is -5.23. The molecule has 2 fully saturated rings. The molecule has 0 spiro atoms. The number of carboxylic acids is 1. The van der Waals surface area contributed by atoms with Crippen LogP contribution in [0.15, 0.2) is 36.4 Å². The van der Waals surface area contributed by atoms with Crippen LogP contribution in [0, 0.1) is 0 Å². The minimum Gasteiger partial charge on any atom is -0.481 e. The van der Waals surface area contributed by atoms with Crippen LogP contribution in [0.4, 0.5) is 4.79 Å². The number of aliphatic carboxylic acids is 1. The number of likely N-dealkylation sites (tertiary alicyclic amines) is 1. The van der Waals surface area contributed by atoms with Crippen molar-refractivity contribution < 1.29 is 58.0 Å². The Bertz CT molecular complexity index is 1560. The van der Waals surface area contributed by atoms with Crippen LogP contribution in [0.2, 0.25) is 0 Å². The first-order chi connectivity index (χ1) is 23.7. The van der Waals surface area contributed by atoms with Gasteiger partial charge >= 0.3 is 18.1 Å². The molecule has 1 aromatic heterocycles. The number of ether oxygens (including phenoxy) is 3. The van der Waals surface area contributed by atoms with Gasteiger partial charge in [-0.2, -0.15) is 5.10 Å². The third-order valence-electron chi connectivity index (χ3n) is 8.06. The smallest absolute Gasteiger partial charge is 0.481 e. The minimum atomic E-state index is -1.63. The van der Waals surface area contributed by atoms with Gasteiger partial charge in [0.05, 0.1) is 38.6 Å². The second-order valence-corrected chi connectivity index (χ2v) is 12.1. The normalized spacial score (nSPS) is 18.6. The quantitative estimate of drug-likeness (QED) is 0.240. The number of hydrogen-bond donors (Lipinski definition) is 3. The number of hydroxylamine groups is 2. The lowest BCUT2D eigenvalue weighted by Gasteiger charge is -2.35. The van der Waals surface area contributed by atoms with E-state index in [1.54, 1.807) is 37.3 Å². The molecule has 1 aromatic carbocycles. The van der Waals surface area contributed by atoms with Gasteiger partial charge < -0.3 is 44.4 Å². The van der Waals surface area contributed by atoms with E-state index in [1.165, 1.54) is 46.6 Å². The summed E-state index contributed by atoms with van der Waals surface area (Å²) in [6.45, 7) is 5.18. The van der Waals surface area contributed by atoms with E-state index < -0.39 is 66.0 Å². The van der Waals surface area contributed by atoms with E-state index in [2.05, 4.69) is 10.4 Å². The summed E-state index contributed by atoms with van der Waals surface area (Å²) in [5.74, 6) is -3.84. The van der Waals surface area contributed by atoms with Crippen molar-refractivity contribution in [3.63, 3.8) is 0 Å². The van der Waals surface area contributed by atoms with Crippen molar-refractivity contribution in [1.29, 1.82) is 0 Å². The molecule has 18 heteroatoms. The Morgan fingerprint density at radius 2 is 1.74 bits per heavy atom. The number of hydrogen-bond acceptors (Lipinski definition) is 13. The van der Waals surface area contributed by atoms with Crippen LogP contribution in [-0.2, 0) is 33.5 Å². The Morgan fingerprint density at radius 1 is 1.06 bits per heavy atom. The number of piperazine rings is 1. The van der Waals surface area contributed by atoms with Crippen molar-refractivity contribution in [2.75, 3.05) is 46.4 Å². The zero-order valence-corrected chi connectivity index (χ0v) is 28.3. The first-order valence-corrected chi connectivity index (χ1v) is 16.1. The number of aliphatic hydroxyl groups excluding tert-OH is 1. The van der Waals surface area contributed by atoms with E-state index in [-0.39, 0.29) is 63.7 Å². The van der Waals surface area contributed by atoms with E-state index in [0.717, 1.165) is 0 Å². The van der Waals surface area contributed by atoms with Crippen molar-refractivity contribution in [1.82, 2.24) is 30.0 Å². The van der Waals surface area contributed by atoms with Gasteiger partial charge in [0.15, 0.2) is 11.3 Å². The van der Waals surface area contributed by atoms with Crippen LogP contribution in [0.5, 0.6) is 5.88 Å². The number of methoxy groups -OCH3 is 1. The predicted molar refractivity (Wildman–Crippen MR) is 171 cm³/mol. The van der Waals surface area contributed by atoms with Crippen molar-refractivity contribution in [2.45, 2.75) is 63.8 Å². The summed E-state index contributed by atoms with van der Waals surface area (Å²) < 4.78 is 17.0. The standard InChI is InChI=1S/C32H42N6O12/c1-5-48-31(46)50-36-15-13-35(14-16-36)28(43)22(11-12-26(40)41)33-27(42)23-18-25(38(34-23)20-9-7-6-8-10-20)49-32(2,3)30(45)37-19-21(39)17-24(37)29(44)47-4/h6-10,18,21-22,24,39H,5,11-17,19H2,1-4H3,(H,33,42)(H,40,41)/t21-,22+,24+/m1/s1.